The van der Waals surface area contributed by atoms with Gasteiger partial charge in [-0.15, -0.1) is 0 Å². The average Bonchev–Trinajstić information content (AvgIpc) is 3.14. The lowest BCUT2D eigenvalue weighted by Crippen LogP contribution is -2.51. The fraction of sp³-hybridized carbons (Fsp3) is 0.867. The molecule has 3 fully saturated rings. The van der Waals surface area contributed by atoms with Gasteiger partial charge in [-0.2, -0.15) is 0 Å². The molecule has 0 spiro atoms. The quantitative estimate of drug-likeness (QED) is 0.210. The molecule has 192 valence electrons. The molecule has 0 aromatic rings. The summed E-state index contributed by atoms with van der Waals surface area (Å²) in [4.78, 5) is 24.8. The second-order valence-corrected chi connectivity index (χ2v) is 12.5. The van der Waals surface area contributed by atoms with E-state index in [1.165, 1.54) is 38.2 Å². The summed E-state index contributed by atoms with van der Waals surface area (Å²) in [5, 5.41) is 0. The summed E-state index contributed by atoms with van der Waals surface area (Å²) >= 11 is 0. The average molecular weight is 473 g/mol. The highest BCUT2D eigenvalue weighted by Crippen LogP contribution is 2.66. The summed E-state index contributed by atoms with van der Waals surface area (Å²) in [6.07, 6.45) is 17.1. The number of allylic oxidation sites excluding steroid dienone is 1. The monoisotopic (exact) mass is 472 g/mol. The first-order valence-corrected chi connectivity index (χ1v) is 14.3. The Morgan fingerprint density at radius 1 is 1.06 bits per heavy atom. The third-order valence-electron chi connectivity index (χ3n) is 10.5. The Hall–Kier alpha value is -1.32. The molecule has 34 heavy (non-hydrogen) atoms. The minimum absolute atomic E-state index is 0.0369. The van der Waals surface area contributed by atoms with Crippen molar-refractivity contribution in [2.24, 2.45) is 34.5 Å². The van der Waals surface area contributed by atoms with E-state index in [2.05, 4.69) is 33.8 Å². The molecule has 0 radical (unpaired) electrons. The van der Waals surface area contributed by atoms with Gasteiger partial charge in [0.05, 0.1) is 12.0 Å². The van der Waals surface area contributed by atoms with E-state index in [1.54, 1.807) is 0 Å². The molecular weight excluding hydrogens is 424 g/mol. The Labute approximate surface area is 207 Å². The van der Waals surface area contributed by atoms with Gasteiger partial charge >= 0.3 is 11.9 Å². The van der Waals surface area contributed by atoms with E-state index in [4.69, 9.17) is 9.47 Å². The number of carbonyl (C=O) groups excluding carboxylic acids is 2. The maximum atomic E-state index is 13.3. The third kappa shape index (κ3) is 4.85. The van der Waals surface area contributed by atoms with Crippen molar-refractivity contribution >= 4 is 11.9 Å². The number of esters is 2. The Kier molecular flexibility index (Phi) is 7.84. The van der Waals surface area contributed by atoms with Crippen LogP contribution in [-0.4, -0.2) is 24.1 Å². The van der Waals surface area contributed by atoms with E-state index in [9.17, 15) is 9.59 Å². The fourth-order valence-electron chi connectivity index (χ4n) is 8.55. The highest BCUT2D eigenvalue weighted by atomic mass is 16.5. The second-order valence-electron chi connectivity index (χ2n) is 12.5. The molecule has 4 nitrogen and oxygen atoms in total. The maximum Gasteiger partial charge on any atom is 0.309 e. The molecule has 4 aliphatic carbocycles. The van der Waals surface area contributed by atoms with E-state index in [1.807, 2.05) is 0 Å². The van der Waals surface area contributed by atoms with Crippen LogP contribution in [0.4, 0.5) is 0 Å². The van der Waals surface area contributed by atoms with Crippen LogP contribution in [0.1, 0.15) is 118 Å². The zero-order chi connectivity index (χ0) is 24.5. The Morgan fingerprint density at radius 3 is 2.59 bits per heavy atom. The van der Waals surface area contributed by atoms with Gasteiger partial charge in [0.15, 0.2) is 0 Å². The van der Waals surface area contributed by atoms with Gasteiger partial charge in [0, 0.05) is 13.3 Å². The first-order chi connectivity index (χ1) is 16.2. The number of carbonyl (C=O) groups is 2. The largest absolute Gasteiger partial charge is 0.462 e. The van der Waals surface area contributed by atoms with Crippen molar-refractivity contribution in [2.45, 2.75) is 130 Å². The zero-order valence-electron chi connectivity index (χ0n) is 22.4. The molecule has 0 N–H and O–H groups in total. The minimum atomic E-state index is -0.157. The van der Waals surface area contributed by atoms with Crippen LogP contribution < -0.4 is 0 Å². The Bertz CT molecular complexity index is 787. The van der Waals surface area contributed by atoms with Crippen molar-refractivity contribution in [2.75, 3.05) is 0 Å². The van der Waals surface area contributed by atoms with Crippen LogP contribution in [0.25, 0.3) is 0 Å². The van der Waals surface area contributed by atoms with Crippen molar-refractivity contribution in [3.63, 3.8) is 0 Å². The molecule has 3 saturated carbocycles. The van der Waals surface area contributed by atoms with Crippen LogP contribution in [0.3, 0.4) is 0 Å². The summed E-state index contributed by atoms with van der Waals surface area (Å²) in [6.45, 7) is 10.7. The van der Waals surface area contributed by atoms with Crippen LogP contribution in [0, 0.1) is 34.5 Å². The lowest BCUT2D eigenvalue weighted by atomic mass is 9.47. The van der Waals surface area contributed by atoms with Crippen LogP contribution in [-0.2, 0) is 19.1 Å². The number of ether oxygens (including phenoxy) is 2. The molecule has 8 unspecified atom stereocenters. The van der Waals surface area contributed by atoms with Crippen molar-refractivity contribution in [3.8, 4) is 0 Å². The summed E-state index contributed by atoms with van der Waals surface area (Å²) in [5.74, 6) is 1.96. The maximum absolute atomic E-state index is 13.3. The van der Waals surface area contributed by atoms with E-state index in [0.717, 1.165) is 57.8 Å². The van der Waals surface area contributed by atoms with Crippen LogP contribution in [0.5, 0.6) is 0 Å². The van der Waals surface area contributed by atoms with Crippen molar-refractivity contribution in [1.82, 2.24) is 0 Å². The van der Waals surface area contributed by atoms with Gasteiger partial charge in [-0.05, 0) is 93.3 Å². The van der Waals surface area contributed by atoms with Gasteiger partial charge in [-0.1, -0.05) is 51.7 Å². The number of hydrogen-bond acceptors (Lipinski definition) is 4. The van der Waals surface area contributed by atoms with E-state index in [-0.39, 0.29) is 40.9 Å². The standard InChI is InChI=1S/C30H48O4/c1-6-7-8-9-10-20(2)33-28(32)27-14-13-25-24-12-11-22-19-23(34-21(3)31)15-17-29(22,4)26(24)16-18-30(25,27)5/h11,20,23-27H,6-10,12-19H2,1-5H3. The van der Waals surface area contributed by atoms with Gasteiger partial charge < -0.3 is 9.47 Å². The number of fused-ring (bicyclic) bond motifs is 5. The number of hydrogen-bond donors (Lipinski definition) is 0. The Morgan fingerprint density at radius 2 is 1.85 bits per heavy atom. The molecule has 0 aromatic heterocycles. The topological polar surface area (TPSA) is 52.6 Å². The predicted molar refractivity (Wildman–Crippen MR) is 135 cm³/mol. The molecule has 4 aliphatic rings. The molecule has 8 atom stereocenters. The van der Waals surface area contributed by atoms with E-state index < -0.39 is 0 Å². The summed E-state index contributed by atoms with van der Waals surface area (Å²) in [5.41, 5.74) is 1.84. The molecular formula is C30H48O4. The number of rotatable bonds is 8. The normalized spacial score (nSPS) is 39.8. The fourth-order valence-corrected chi connectivity index (χ4v) is 8.55. The van der Waals surface area contributed by atoms with E-state index in [0.29, 0.717) is 17.8 Å². The van der Waals surface area contributed by atoms with Gasteiger partial charge in [-0.25, -0.2) is 0 Å². The SMILES string of the molecule is CCCCCCC(C)OC(=O)C1CCC2C3CC=C4CC(OC(C)=O)CCC4(C)C3CCC12C. The second kappa shape index (κ2) is 10.3. The molecule has 0 saturated heterocycles. The van der Waals surface area contributed by atoms with Crippen LogP contribution >= 0.6 is 0 Å². The van der Waals surface area contributed by atoms with Crippen LogP contribution in [0.2, 0.25) is 0 Å². The smallest absolute Gasteiger partial charge is 0.309 e. The number of unbranched alkanes of at least 4 members (excludes halogenated alkanes) is 3. The van der Waals surface area contributed by atoms with Crippen molar-refractivity contribution in [1.29, 1.82) is 0 Å². The molecule has 4 heteroatoms. The molecule has 0 amide bonds. The first kappa shape index (κ1) is 25.8. The zero-order valence-corrected chi connectivity index (χ0v) is 22.4. The molecule has 0 bridgehead atoms. The lowest BCUT2D eigenvalue weighted by molar-refractivity contribution is -0.161. The third-order valence-corrected chi connectivity index (χ3v) is 10.5. The highest BCUT2D eigenvalue weighted by molar-refractivity contribution is 5.74. The lowest BCUT2D eigenvalue weighted by Gasteiger charge is -2.57. The van der Waals surface area contributed by atoms with Crippen molar-refractivity contribution < 1.29 is 19.1 Å². The van der Waals surface area contributed by atoms with Gasteiger partial charge in [0.25, 0.3) is 0 Å². The van der Waals surface area contributed by atoms with Crippen LogP contribution in [0.15, 0.2) is 11.6 Å². The Balaban J connectivity index is 1.41. The minimum Gasteiger partial charge on any atom is -0.462 e. The van der Waals surface area contributed by atoms with E-state index >= 15 is 0 Å². The van der Waals surface area contributed by atoms with Gasteiger partial charge in [0.2, 0.25) is 0 Å². The van der Waals surface area contributed by atoms with Gasteiger partial charge in [-0.3, -0.25) is 9.59 Å². The predicted octanol–water partition coefficient (Wildman–Crippen LogP) is 7.40. The van der Waals surface area contributed by atoms with Gasteiger partial charge in [0.1, 0.15) is 6.10 Å². The highest BCUT2D eigenvalue weighted by Gasteiger charge is 2.60. The van der Waals surface area contributed by atoms with Crippen molar-refractivity contribution in [3.05, 3.63) is 11.6 Å². The summed E-state index contributed by atoms with van der Waals surface area (Å²) < 4.78 is 11.6. The molecule has 0 heterocycles. The molecule has 0 aromatic carbocycles. The molecule has 0 aliphatic heterocycles. The first-order valence-electron chi connectivity index (χ1n) is 14.3. The summed E-state index contributed by atoms with van der Waals surface area (Å²) in [6, 6.07) is 0. The molecule has 4 rings (SSSR count). The summed E-state index contributed by atoms with van der Waals surface area (Å²) in [7, 11) is 0.